The predicted molar refractivity (Wildman–Crippen MR) is 76.9 cm³/mol. The van der Waals surface area contributed by atoms with Crippen molar-refractivity contribution in [2.75, 3.05) is 22.2 Å². The Morgan fingerprint density at radius 1 is 1.40 bits per heavy atom. The first-order chi connectivity index (χ1) is 9.69. The van der Waals surface area contributed by atoms with E-state index in [9.17, 15) is 4.79 Å². The first-order valence-electron chi connectivity index (χ1n) is 5.84. The standard InChI is InChI=1S/C12H11ClN6O/c13-7-5-15-12(18-14)17-11(7)19-6-10(20)16-8-3-1-2-4-9(8)19/h1-5H,6,14H2,(H,16,20)(H,15,17,18). The van der Waals surface area contributed by atoms with Gasteiger partial charge in [-0.15, -0.1) is 0 Å². The van der Waals surface area contributed by atoms with E-state index in [1.54, 1.807) is 4.90 Å². The molecule has 2 heterocycles. The second-order valence-corrected chi connectivity index (χ2v) is 4.57. The molecule has 0 bridgehead atoms. The number of hydrogen-bond acceptors (Lipinski definition) is 6. The molecule has 1 amide bonds. The molecule has 7 nitrogen and oxygen atoms in total. The van der Waals surface area contributed by atoms with Crippen LogP contribution in [-0.2, 0) is 4.79 Å². The lowest BCUT2D eigenvalue weighted by Gasteiger charge is -2.30. The third kappa shape index (κ3) is 2.13. The molecule has 0 aliphatic carbocycles. The fourth-order valence-corrected chi connectivity index (χ4v) is 2.23. The van der Waals surface area contributed by atoms with E-state index in [0.29, 0.717) is 16.5 Å². The van der Waals surface area contributed by atoms with Crippen molar-refractivity contribution in [2.45, 2.75) is 0 Å². The van der Waals surface area contributed by atoms with E-state index in [1.165, 1.54) is 6.20 Å². The van der Waals surface area contributed by atoms with Crippen LogP contribution in [0.1, 0.15) is 0 Å². The molecular weight excluding hydrogens is 280 g/mol. The van der Waals surface area contributed by atoms with Gasteiger partial charge in [-0.1, -0.05) is 23.7 Å². The molecule has 3 rings (SSSR count). The number of rotatable bonds is 2. The Hall–Kier alpha value is -2.38. The van der Waals surface area contributed by atoms with Crippen LogP contribution in [0.3, 0.4) is 0 Å². The van der Waals surface area contributed by atoms with E-state index in [2.05, 4.69) is 20.7 Å². The predicted octanol–water partition coefficient (Wildman–Crippen LogP) is 1.51. The van der Waals surface area contributed by atoms with Crippen LogP contribution in [0, 0.1) is 0 Å². The molecule has 1 aliphatic heterocycles. The lowest BCUT2D eigenvalue weighted by Crippen LogP contribution is -2.35. The lowest BCUT2D eigenvalue weighted by atomic mass is 10.2. The van der Waals surface area contributed by atoms with E-state index in [0.717, 1.165) is 5.69 Å². The van der Waals surface area contributed by atoms with E-state index in [1.807, 2.05) is 24.3 Å². The highest BCUT2D eigenvalue weighted by Gasteiger charge is 2.25. The molecule has 102 valence electrons. The van der Waals surface area contributed by atoms with E-state index in [-0.39, 0.29) is 18.4 Å². The van der Waals surface area contributed by atoms with Gasteiger partial charge < -0.3 is 10.2 Å². The average Bonchev–Trinajstić information content (AvgIpc) is 2.47. The van der Waals surface area contributed by atoms with Gasteiger partial charge in [0.15, 0.2) is 5.82 Å². The Labute approximate surface area is 119 Å². The van der Waals surface area contributed by atoms with Gasteiger partial charge in [0.2, 0.25) is 11.9 Å². The van der Waals surface area contributed by atoms with Crippen LogP contribution in [0.15, 0.2) is 30.5 Å². The highest BCUT2D eigenvalue weighted by molar-refractivity contribution is 6.33. The van der Waals surface area contributed by atoms with Gasteiger partial charge in [0.05, 0.1) is 17.6 Å². The summed E-state index contributed by atoms with van der Waals surface area (Å²) in [4.78, 5) is 21.7. The van der Waals surface area contributed by atoms with Crippen molar-refractivity contribution in [3.63, 3.8) is 0 Å². The molecule has 1 aromatic heterocycles. The van der Waals surface area contributed by atoms with Gasteiger partial charge in [0, 0.05) is 0 Å². The number of anilines is 4. The summed E-state index contributed by atoms with van der Waals surface area (Å²) in [7, 11) is 0. The van der Waals surface area contributed by atoms with Gasteiger partial charge in [0.1, 0.15) is 11.6 Å². The number of hydrogen-bond donors (Lipinski definition) is 3. The first kappa shape index (κ1) is 12.6. The Bertz CT molecular complexity index is 677. The molecule has 0 saturated carbocycles. The third-order valence-electron chi connectivity index (χ3n) is 2.88. The minimum atomic E-state index is -0.138. The van der Waals surface area contributed by atoms with E-state index >= 15 is 0 Å². The molecule has 0 spiro atoms. The number of para-hydroxylation sites is 2. The summed E-state index contributed by atoms with van der Waals surface area (Å²) in [5.74, 6) is 5.82. The van der Waals surface area contributed by atoms with Gasteiger partial charge in [0.25, 0.3) is 0 Å². The zero-order valence-corrected chi connectivity index (χ0v) is 11.1. The molecule has 0 radical (unpaired) electrons. The Kier molecular flexibility index (Phi) is 3.13. The van der Waals surface area contributed by atoms with Crippen LogP contribution in [0.2, 0.25) is 5.02 Å². The van der Waals surface area contributed by atoms with Crippen molar-refractivity contribution < 1.29 is 4.79 Å². The maximum Gasteiger partial charge on any atom is 0.244 e. The number of aromatic nitrogens is 2. The minimum absolute atomic E-state index is 0.123. The quantitative estimate of drug-likeness (QED) is 0.573. The van der Waals surface area contributed by atoms with Gasteiger partial charge in [-0.25, -0.2) is 10.8 Å². The second kappa shape index (κ2) is 4.95. The number of nitrogens with two attached hydrogens (primary N) is 1. The van der Waals surface area contributed by atoms with E-state index in [4.69, 9.17) is 17.4 Å². The Morgan fingerprint density at radius 2 is 2.20 bits per heavy atom. The molecule has 2 aromatic rings. The SMILES string of the molecule is NNc1ncc(Cl)c(N2CC(=O)Nc3ccccc32)n1. The third-order valence-corrected chi connectivity index (χ3v) is 3.15. The topological polar surface area (TPSA) is 96.2 Å². The van der Waals surface area contributed by atoms with Crippen molar-refractivity contribution >= 4 is 40.6 Å². The van der Waals surface area contributed by atoms with Crippen LogP contribution in [0.4, 0.5) is 23.1 Å². The number of nitrogens with zero attached hydrogens (tertiary/aromatic N) is 3. The van der Waals surface area contributed by atoms with Gasteiger partial charge in [-0.05, 0) is 12.1 Å². The summed E-state index contributed by atoms with van der Waals surface area (Å²) in [6, 6.07) is 7.41. The number of carbonyl (C=O) groups excluding carboxylic acids is 1. The monoisotopic (exact) mass is 290 g/mol. The number of nitrogen functional groups attached to an aromatic ring is 1. The molecule has 1 aromatic carbocycles. The van der Waals surface area contributed by atoms with Crippen LogP contribution in [0.5, 0.6) is 0 Å². The van der Waals surface area contributed by atoms with Gasteiger partial charge in [-0.2, -0.15) is 4.98 Å². The molecule has 20 heavy (non-hydrogen) atoms. The number of fused-ring (bicyclic) bond motifs is 1. The maximum atomic E-state index is 11.8. The number of carbonyl (C=O) groups is 1. The number of amides is 1. The Balaban J connectivity index is 2.12. The molecule has 0 atom stereocenters. The van der Waals surface area contributed by atoms with Crippen LogP contribution in [-0.4, -0.2) is 22.4 Å². The zero-order chi connectivity index (χ0) is 14.1. The number of benzene rings is 1. The molecule has 8 heteroatoms. The van der Waals surface area contributed by atoms with Crippen molar-refractivity contribution in [2.24, 2.45) is 5.84 Å². The summed E-state index contributed by atoms with van der Waals surface area (Å²) in [5, 5.41) is 3.14. The van der Waals surface area contributed by atoms with Gasteiger partial charge >= 0.3 is 0 Å². The molecule has 0 saturated heterocycles. The maximum absolute atomic E-state index is 11.8. The van der Waals surface area contributed by atoms with Crippen molar-refractivity contribution in [3.8, 4) is 0 Å². The van der Waals surface area contributed by atoms with Crippen LogP contribution in [0.25, 0.3) is 0 Å². The molecule has 1 aliphatic rings. The van der Waals surface area contributed by atoms with Gasteiger partial charge in [-0.3, -0.25) is 10.2 Å². The second-order valence-electron chi connectivity index (χ2n) is 4.16. The zero-order valence-electron chi connectivity index (χ0n) is 10.3. The Morgan fingerprint density at radius 3 is 3.00 bits per heavy atom. The van der Waals surface area contributed by atoms with Crippen LogP contribution < -0.4 is 21.5 Å². The first-order valence-corrected chi connectivity index (χ1v) is 6.22. The summed E-state index contributed by atoms with van der Waals surface area (Å²) >= 11 is 6.13. The van der Waals surface area contributed by atoms with Crippen molar-refractivity contribution in [1.29, 1.82) is 0 Å². The highest BCUT2D eigenvalue weighted by atomic mass is 35.5. The number of hydrazine groups is 1. The minimum Gasteiger partial charge on any atom is -0.323 e. The lowest BCUT2D eigenvalue weighted by molar-refractivity contribution is -0.115. The highest BCUT2D eigenvalue weighted by Crippen LogP contribution is 2.36. The fourth-order valence-electron chi connectivity index (χ4n) is 2.04. The molecule has 0 unspecified atom stereocenters. The summed E-state index contributed by atoms with van der Waals surface area (Å²) < 4.78 is 0. The molecule has 4 N–H and O–H groups in total. The molecular formula is C12H11ClN6O. The summed E-state index contributed by atoms with van der Waals surface area (Å²) in [6.07, 6.45) is 1.44. The summed E-state index contributed by atoms with van der Waals surface area (Å²) in [6.45, 7) is 0.123. The largest absolute Gasteiger partial charge is 0.323 e. The fraction of sp³-hybridized carbons (Fsp3) is 0.0833. The van der Waals surface area contributed by atoms with Crippen molar-refractivity contribution in [3.05, 3.63) is 35.5 Å². The average molecular weight is 291 g/mol. The smallest absolute Gasteiger partial charge is 0.244 e. The van der Waals surface area contributed by atoms with Crippen LogP contribution >= 0.6 is 11.6 Å². The molecule has 0 fully saturated rings. The number of nitrogens with one attached hydrogen (secondary N) is 2. The van der Waals surface area contributed by atoms with E-state index < -0.39 is 0 Å². The van der Waals surface area contributed by atoms with Crippen molar-refractivity contribution in [1.82, 2.24) is 9.97 Å². The number of halogens is 1. The normalized spacial score (nSPS) is 13.7. The summed E-state index contributed by atoms with van der Waals surface area (Å²) in [5.41, 5.74) is 3.89.